The van der Waals surface area contributed by atoms with Crippen molar-refractivity contribution in [3.05, 3.63) is 65.7 Å². The van der Waals surface area contributed by atoms with E-state index in [4.69, 9.17) is 0 Å². The second-order valence-electron chi connectivity index (χ2n) is 7.42. The first-order chi connectivity index (χ1) is 13.1. The SMILES string of the molecule is Cc1ccc(N2C(=O)C[C@H](N3CCN(Cc4ccccc4)CC3)C2=O)cc1. The molecule has 0 saturated carbocycles. The van der Waals surface area contributed by atoms with Crippen molar-refractivity contribution in [1.82, 2.24) is 9.80 Å². The maximum atomic E-state index is 12.9. The van der Waals surface area contributed by atoms with Crippen molar-refractivity contribution in [3.8, 4) is 0 Å². The maximum Gasteiger partial charge on any atom is 0.251 e. The van der Waals surface area contributed by atoms with Crippen LogP contribution in [0.15, 0.2) is 54.6 Å². The minimum atomic E-state index is -0.322. The van der Waals surface area contributed by atoms with E-state index in [1.807, 2.05) is 37.3 Å². The summed E-state index contributed by atoms with van der Waals surface area (Å²) in [7, 11) is 0. The third-order valence-corrected chi connectivity index (χ3v) is 5.51. The highest BCUT2D eigenvalue weighted by Crippen LogP contribution is 2.26. The van der Waals surface area contributed by atoms with Crippen LogP contribution in [0.25, 0.3) is 0 Å². The third kappa shape index (κ3) is 3.80. The molecule has 27 heavy (non-hydrogen) atoms. The van der Waals surface area contributed by atoms with Crippen LogP contribution in [0.1, 0.15) is 17.5 Å². The molecule has 0 unspecified atom stereocenters. The lowest BCUT2D eigenvalue weighted by Crippen LogP contribution is -2.52. The van der Waals surface area contributed by atoms with Gasteiger partial charge in [-0.3, -0.25) is 19.4 Å². The monoisotopic (exact) mass is 363 g/mol. The summed E-state index contributed by atoms with van der Waals surface area (Å²) in [6.07, 6.45) is 0.283. The van der Waals surface area contributed by atoms with Gasteiger partial charge in [0.15, 0.2) is 0 Å². The van der Waals surface area contributed by atoms with E-state index in [-0.39, 0.29) is 24.3 Å². The van der Waals surface area contributed by atoms with E-state index in [9.17, 15) is 9.59 Å². The number of carbonyl (C=O) groups is 2. The van der Waals surface area contributed by atoms with Crippen molar-refractivity contribution in [1.29, 1.82) is 0 Å². The maximum absolute atomic E-state index is 12.9. The molecular formula is C22H25N3O2. The van der Waals surface area contributed by atoms with E-state index in [2.05, 4.69) is 34.1 Å². The first-order valence-electron chi connectivity index (χ1n) is 9.55. The Morgan fingerprint density at radius 3 is 2.22 bits per heavy atom. The van der Waals surface area contributed by atoms with Crippen molar-refractivity contribution in [2.75, 3.05) is 31.1 Å². The Bertz CT molecular complexity index is 811. The van der Waals surface area contributed by atoms with Crippen molar-refractivity contribution in [2.45, 2.75) is 25.9 Å². The summed E-state index contributed by atoms with van der Waals surface area (Å²) >= 11 is 0. The van der Waals surface area contributed by atoms with Crippen LogP contribution < -0.4 is 4.90 Å². The predicted molar refractivity (Wildman–Crippen MR) is 105 cm³/mol. The molecule has 2 amide bonds. The van der Waals surface area contributed by atoms with Gasteiger partial charge in [0, 0.05) is 32.7 Å². The molecule has 2 aliphatic rings. The number of aryl methyl sites for hydroxylation is 1. The number of piperazine rings is 1. The Labute approximate surface area is 160 Å². The minimum absolute atomic E-state index is 0.0830. The molecule has 2 saturated heterocycles. The number of benzene rings is 2. The topological polar surface area (TPSA) is 43.9 Å². The molecule has 0 N–H and O–H groups in total. The molecule has 5 heteroatoms. The standard InChI is InChI=1S/C22H25N3O2/c1-17-7-9-19(10-8-17)25-21(26)15-20(22(25)27)24-13-11-23(12-14-24)16-18-5-3-2-4-6-18/h2-10,20H,11-16H2,1H3/t20-/m0/s1. The zero-order valence-electron chi connectivity index (χ0n) is 15.7. The van der Waals surface area contributed by atoms with Crippen LogP contribution in [0.5, 0.6) is 0 Å². The van der Waals surface area contributed by atoms with Gasteiger partial charge in [0.05, 0.1) is 18.2 Å². The molecule has 2 aliphatic heterocycles. The van der Waals surface area contributed by atoms with Crippen LogP contribution in [0.4, 0.5) is 5.69 Å². The van der Waals surface area contributed by atoms with E-state index in [1.54, 1.807) is 0 Å². The summed E-state index contributed by atoms with van der Waals surface area (Å²) < 4.78 is 0. The number of rotatable bonds is 4. The number of amides is 2. The lowest BCUT2D eigenvalue weighted by molar-refractivity contribution is -0.123. The predicted octanol–water partition coefficient (Wildman–Crippen LogP) is 2.44. The molecule has 2 heterocycles. The highest BCUT2D eigenvalue weighted by Gasteiger charge is 2.43. The quantitative estimate of drug-likeness (QED) is 0.783. The number of hydrogen-bond donors (Lipinski definition) is 0. The number of hydrogen-bond acceptors (Lipinski definition) is 4. The Morgan fingerprint density at radius 1 is 0.889 bits per heavy atom. The summed E-state index contributed by atoms with van der Waals surface area (Å²) in [6.45, 7) is 6.39. The molecule has 2 aromatic rings. The Balaban J connectivity index is 1.38. The lowest BCUT2D eigenvalue weighted by Gasteiger charge is -2.37. The Hall–Kier alpha value is -2.50. The van der Waals surface area contributed by atoms with E-state index in [1.165, 1.54) is 10.5 Å². The van der Waals surface area contributed by atoms with E-state index >= 15 is 0 Å². The van der Waals surface area contributed by atoms with Gasteiger partial charge in [-0.25, -0.2) is 4.90 Å². The molecule has 0 aromatic heterocycles. The van der Waals surface area contributed by atoms with Gasteiger partial charge in [-0.05, 0) is 24.6 Å². The van der Waals surface area contributed by atoms with Crippen LogP contribution in [-0.2, 0) is 16.1 Å². The second kappa shape index (κ2) is 7.62. The van der Waals surface area contributed by atoms with Crippen LogP contribution in [0.2, 0.25) is 0 Å². The molecule has 4 rings (SSSR count). The number of carbonyl (C=O) groups excluding carboxylic acids is 2. The summed E-state index contributed by atoms with van der Waals surface area (Å²) in [5, 5.41) is 0. The number of anilines is 1. The van der Waals surface area contributed by atoms with Crippen LogP contribution in [0, 0.1) is 6.92 Å². The molecule has 5 nitrogen and oxygen atoms in total. The fourth-order valence-corrected chi connectivity index (χ4v) is 3.94. The van der Waals surface area contributed by atoms with Crippen molar-refractivity contribution < 1.29 is 9.59 Å². The van der Waals surface area contributed by atoms with Gasteiger partial charge in [-0.15, -0.1) is 0 Å². The van der Waals surface area contributed by atoms with Crippen LogP contribution in [-0.4, -0.2) is 53.8 Å². The van der Waals surface area contributed by atoms with Crippen molar-refractivity contribution >= 4 is 17.5 Å². The largest absolute Gasteiger partial charge is 0.297 e. The molecule has 2 aromatic carbocycles. The van der Waals surface area contributed by atoms with Gasteiger partial charge < -0.3 is 0 Å². The lowest BCUT2D eigenvalue weighted by atomic mass is 10.1. The highest BCUT2D eigenvalue weighted by atomic mass is 16.2. The van der Waals surface area contributed by atoms with Crippen LogP contribution >= 0.6 is 0 Å². The van der Waals surface area contributed by atoms with Gasteiger partial charge in [0.25, 0.3) is 5.91 Å². The van der Waals surface area contributed by atoms with Gasteiger partial charge in [0.2, 0.25) is 5.91 Å². The average molecular weight is 363 g/mol. The van der Waals surface area contributed by atoms with E-state index < -0.39 is 0 Å². The molecular weight excluding hydrogens is 338 g/mol. The molecule has 140 valence electrons. The van der Waals surface area contributed by atoms with Gasteiger partial charge in [0.1, 0.15) is 0 Å². The molecule has 0 spiro atoms. The average Bonchev–Trinajstić information content (AvgIpc) is 2.98. The molecule has 0 radical (unpaired) electrons. The molecule has 0 bridgehead atoms. The summed E-state index contributed by atoms with van der Waals surface area (Å²) in [4.78, 5) is 31.4. The smallest absolute Gasteiger partial charge is 0.251 e. The summed E-state index contributed by atoms with van der Waals surface area (Å²) in [6, 6.07) is 17.7. The number of imide groups is 1. The van der Waals surface area contributed by atoms with E-state index in [0.29, 0.717) is 5.69 Å². The highest BCUT2D eigenvalue weighted by molar-refractivity contribution is 6.22. The normalized spacial score (nSPS) is 21.8. The molecule has 1 atom stereocenters. The van der Waals surface area contributed by atoms with Gasteiger partial charge in [-0.2, -0.15) is 0 Å². The summed E-state index contributed by atoms with van der Waals surface area (Å²) in [5.74, 6) is -0.180. The minimum Gasteiger partial charge on any atom is -0.297 e. The van der Waals surface area contributed by atoms with Gasteiger partial charge in [-0.1, -0.05) is 48.0 Å². The third-order valence-electron chi connectivity index (χ3n) is 5.51. The molecule has 2 fully saturated rings. The van der Waals surface area contributed by atoms with Crippen molar-refractivity contribution in [2.24, 2.45) is 0 Å². The Kier molecular flexibility index (Phi) is 5.05. The summed E-state index contributed by atoms with van der Waals surface area (Å²) in [5.41, 5.74) is 3.10. The fourth-order valence-electron chi connectivity index (χ4n) is 3.94. The second-order valence-corrected chi connectivity index (χ2v) is 7.42. The Morgan fingerprint density at radius 2 is 1.56 bits per heavy atom. The van der Waals surface area contributed by atoms with E-state index in [0.717, 1.165) is 38.3 Å². The zero-order valence-corrected chi connectivity index (χ0v) is 15.7. The van der Waals surface area contributed by atoms with Crippen molar-refractivity contribution in [3.63, 3.8) is 0 Å². The van der Waals surface area contributed by atoms with Crippen LogP contribution in [0.3, 0.4) is 0 Å². The fraction of sp³-hybridized carbons (Fsp3) is 0.364. The first-order valence-corrected chi connectivity index (χ1v) is 9.55. The van der Waals surface area contributed by atoms with Gasteiger partial charge >= 0.3 is 0 Å². The number of nitrogens with zero attached hydrogens (tertiary/aromatic N) is 3. The first kappa shape index (κ1) is 17.9. The zero-order chi connectivity index (χ0) is 18.8. The molecule has 0 aliphatic carbocycles.